The van der Waals surface area contributed by atoms with Gasteiger partial charge in [-0.2, -0.15) is 0 Å². The first-order valence-electron chi connectivity index (χ1n) is 18.5. The summed E-state index contributed by atoms with van der Waals surface area (Å²) in [5.74, 6) is 4.41. The van der Waals surface area contributed by atoms with E-state index in [9.17, 15) is 9.59 Å². The number of ketones is 1. The zero-order valence-corrected chi connectivity index (χ0v) is 31.4. The second kappa shape index (κ2) is 13.2. The zero-order chi connectivity index (χ0) is 32.9. The van der Waals surface area contributed by atoms with Gasteiger partial charge < -0.3 is 9.16 Å². The number of hydrogen-bond donors (Lipinski definition) is 0. The number of carbonyl (C=O) groups excluding carboxylic acids is 2. The van der Waals surface area contributed by atoms with E-state index in [0.29, 0.717) is 65.1 Å². The summed E-state index contributed by atoms with van der Waals surface area (Å²) in [4.78, 5) is 26.8. The summed E-state index contributed by atoms with van der Waals surface area (Å²) in [6.07, 6.45) is 9.29. The Balaban J connectivity index is 1.45. The van der Waals surface area contributed by atoms with Crippen molar-refractivity contribution in [2.75, 3.05) is 0 Å². The monoisotopic (exact) mass is 636 g/mol. The maximum absolute atomic E-state index is 13.6. The topological polar surface area (TPSA) is 52.6 Å². The van der Waals surface area contributed by atoms with Crippen LogP contribution in [0.1, 0.15) is 124 Å². The van der Waals surface area contributed by atoms with Crippen LogP contribution in [0.2, 0.25) is 13.1 Å². The molecule has 4 fully saturated rings. The molecule has 0 radical (unpaired) electrons. The molecule has 252 valence electrons. The van der Waals surface area contributed by atoms with E-state index in [2.05, 4.69) is 68.5 Å². The minimum absolute atomic E-state index is 0.000429. The van der Waals surface area contributed by atoms with E-state index in [-0.39, 0.29) is 34.9 Å². The van der Waals surface area contributed by atoms with Crippen LogP contribution in [0.25, 0.3) is 0 Å². The lowest BCUT2D eigenvalue weighted by Crippen LogP contribution is -2.63. The molecule has 4 saturated carbocycles. The maximum Gasteiger partial charge on any atom is 0.338 e. The summed E-state index contributed by atoms with van der Waals surface area (Å²) in [6, 6.07) is 9.52. The quantitative estimate of drug-likeness (QED) is 0.200. The van der Waals surface area contributed by atoms with Crippen molar-refractivity contribution in [3.05, 3.63) is 35.9 Å². The molecule has 0 bridgehead atoms. The standard InChI is InChI=1S/C40H64O4Si/c1-25(2)30(38(4,5)6)17-16-26(3)31-18-19-32-36-33(20-21-39(31,32)7)40(8)28(22-29(41)24-35(40)44-45(9)10)23-34(36)43-37(42)27-14-12-11-13-15-27/h11-15,25-26,28,30-36,45H,16-24H2,1-10H3/t26-,28?,30?,31-,32+,33+,34-,35?,36+,39-,40+/m1/s1. The summed E-state index contributed by atoms with van der Waals surface area (Å²) in [5.41, 5.74) is 1.17. The molecule has 0 spiro atoms. The minimum atomic E-state index is -1.35. The molecule has 5 heteroatoms. The molecule has 1 aromatic carbocycles. The van der Waals surface area contributed by atoms with Crippen molar-refractivity contribution in [2.24, 2.45) is 63.6 Å². The summed E-state index contributed by atoms with van der Waals surface area (Å²) in [6.45, 7) is 24.2. The summed E-state index contributed by atoms with van der Waals surface area (Å²) < 4.78 is 13.4. The molecule has 1 aromatic rings. The van der Waals surface area contributed by atoms with Gasteiger partial charge in [0.25, 0.3) is 0 Å². The number of benzene rings is 1. The lowest BCUT2D eigenvalue weighted by Gasteiger charge is -2.64. The van der Waals surface area contributed by atoms with E-state index in [1.807, 2.05) is 30.3 Å². The Morgan fingerprint density at radius 2 is 1.67 bits per heavy atom. The number of esters is 1. The molecule has 3 unspecified atom stereocenters. The van der Waals surface area contributed by atoms with Crippen LogP contribution in [0.15, 0.2) is 30.3 Å². The van der Waals surface area contributed by atoms with Crippen LogP contribution >= 0.6 is 0 Å². The van der Waals surface area contributed by atoms with Gasteiger partial charge in [-0.15, -0.1) is 0 Å². The highest BCUT2D eigenvalue weighted by atomic mass is 28.3. The van der Waals surface area contributed by atoms with Crippen molar-refractivity contribution in [3.63, 3.8) is 0 Å². The molecule has 0 amide bonds. The van der Waals surface area contributed by atoms with Crippen LogP contribution in [0.3, 0.4) is 0 Å². The van der Waals surface area contributed by atoms with Crippen LogP contribution in [-0.4, -0.2) is 33.0 Å². The molecule has 4 aliphatic carbocycles. The minimum Gasteiger partial charge on any atom is -0.458 e. The summed E-state index contributed by atoms with van der Waals surface area (Å²) >= 11 is 0. The second-order valence-electron chi connectivity index (χ2n) is 18.0. The second-order valence-corrected chi connectivity index (χ2v) is 20.4. The van der Waals surface area contributed by atoms with Gasteiger partial charge in [0.1, 0.15) is 11.9 Å². The zero-order valence-electron chi connectivity index (χ0n) is 30.2. The van der Waals surface area contributed by atoms with Crippen molar-refractivity contribution < 1.29 is 18.8 Å². The number of rotatable bonds is 9. The Kier molecular flexibility index (Phi) is 10.2. The number of Topliss-reactive ketones (excluding diaryl/α,β-unsaturated/α-hetero) is 1. The first-order chi connectivity index (χ1) is 21.1. The predicted molar refractivity (Wildman–Crippen MR) is 187 cm³/mol. The largest absolute Gasteiger partial charge is 0.458 e. The molecule has 4 nitrogen and oxygen atoms in total. The predicted octanol–water partition coefficient (Wildman–Crippen LogP) is 9.76. The van der Waals surface area contributed by atoms with E-state index in [1.54, 1.807) is 0 Å². The molecular formula is C40H64O4Si. The molecule has 0 heterocycles. The number of hydrogen-bond acceptors (Lipinski definition) is 4. The summed E-state index contributed by atoms with van der Waals surface area (Å²) in [5, 5.41) is 0. The number of fused-ring (bicyclic) bond motifs is 5. The van der Waals surface area contributed by atoms with Gasteiger partial charge >= 0.3 is 5.97 Å². The molecule has 5 rings (SSSR count). The average molecular weight is 637 g/mol. The van der Waals surface area contributed by atoms with Crippen LogP contribution in [0.4, 0.5) is 0 Å². The van der Waals surface area contributed by atoms with E-state index in [4.69, 9.17) is 9.16 Å². The molecule has 0 aliphatic heterocycles. The summed E-state index contributed by atoms with van der Waals surface area (Å²) in [7, 11) is -1.35. The highest BCUT2D eigenvalue weighted by Crippen LogP contribution is 2.69. The van der Waals surface area contributed by atoms with Gasteiger partial charge in [0.2, 0.25) is 0 Å². The fraction of sp³-hybridized carbons (Fsp3) is 0.800. The first kappa shape index (κ1) is 34.9. The molecule has 0 aromatic heterocycles. The van der Waals surface area contributed by atoms with Crippen molar-refractivity contribution in [1.29, 1.82) is 0 Å². The van der Waals surface area contributed by atoms with Crippen LogP contribution in [0, 0.1) is 63.6 Å². The lowest BCUT2D eigenvalue weighted by molar-refractivity contribution is -0.196. The van der Waals surface area contributed by atoms with Crippen molar-refractivity contribution >= 4 is 20.8 Å². The highest BCUT2D eigenvalue weighted by molar-refractivity contribution is 6.48. The SMILES string of the molecule is CC(C)C(CC[C@@H](C)[C@H]1CC[C@H]2[C@@H]3[C@H](OC(=O)c4ccccc4)CC4CC(=O)CC(O[SiH](C)C)[C@]4(C)[C@H]3CC[C@]12C)C(C)(C)C. The van der Waals surface area contributed by atoms with E-state index < -0.39 is 9.04 Å². The highest BCUT2D eigenvalue weighted by Gasteiger charge is 2.66. The maximum atomic E-state index is 13.6. The van der Waals surface area contributed by atoms with Crippen LogP contribution in [-0.2, 0) is 14.0 Å². The van der Waals surface area contributed by atoms with E-state index in [0.717, 1.165) is 18.8 Å². The van der Waals surface area contributed by atoms with E-state index >= 15 is 0 Å². The number of carbonyl (C=O) groups is 2. The third-order valence-electron chi connectivity index (χ3n) is 13.9. The molecule has 0 saturated heterocycles. The van der Waals surface area contributed by atoms with Gasteiger partial charge in [-0.3, -0.25) is 4.79 Å². The van der Waals surface area contributed by atoms with Crippen molar-refractivity contribution in [3.8, 4) is 0 Å². The molecular weight excluding hydrogens is 573 g/mol. The first-order valence-corrected chi connectivity index (χ1v) is 21.3. The molecule has 0 N–H and O–H groups in total. The van der Waals surface area contributed by atoms with Gasteiger partial charge in [-0.05, 0) is 121 Å². The fourth-order valence-electron chi connectivity index (χ4n) is 11.8. The van der Waals surface area contributed by atoms with Gasteiger partial charge in [0.15, 0.2) is 9.04 Å². The Morgan fingerprint density at radius 1 is 0.978 bits per heavy atom. The van der Waals surface area contributed by atoms with Crippen LogP contribution < -0.4 is 0 Å². The van der Waals surface area contributed by atoms with E-state index in [1.165, 1.54) is 32.1 Å². The van der Waals surface area contributed by atoms with Gasteiger partial charge in [-0.25, -0.2) is 4.79 Å². The third-order valence-corrected chi connectivity index (χ3v) is 14.7. The van der Waals surface area contributed by atoms with Crippen LogP contribution in [0.5, 0.6) is 0 Å². The van der Waals surface area contributed by atoms with Crippen molar-refractivity contribution in [2.45, 2.75) is 138 Å². The van der Waals surface area contributed by atoms with Crippen molar-refractivity contribution in [1.82, 2.24) is 0 Å². The lowest BCUT2D eigenvalue weighted by atomic mass is 9.43. The normalized spacial score (nSPS) is 38.0. The Hall–Kier alpha value is -1.46. The van der Waals surface area contributed by atoms with Gasteiger partial charge in [0.05, 0.1) is 11.7 Å². The third kappa shape index (κ3) is 6.65. The van der Waals surface area contributed by atoms with Gasteiger partial charge in [-0.1, -0.05) is 80.0 Å². The molecule has 4 aliphatic rings. The fourth-order valence-corrected chi connectivity index (χ4v) is 12.9. The molecule has 45 heavy (non-hydrogen) atoms. The van der Waals surface area contributed by atoms with Gasteiger partial charge in [0, 0.05) is 18.8 Å². The Morgan fingerprint density at radius 3 is 2.29 bits per heavy atom. The molecule has 11 atom stereocenters. The number of ether oxygens (including phenoxy) is 1. The average Bonchev–Trinajstić information content (AvgIpc) is 3.30. The Bertz CT molecular complexity index is 1190. The Labute approximate surface area is 276 Å². The smallest absolute Gasteiger partial charge is 0.338 e.